The van der Waals surface area contributed by atoms with Crippen LogP contribution in [0.4, 0.5) is 0 Å². The van der Waals surface area contributed by atoms with Crippen LogP contribution in [0.3, 0.4) is 0 Å². The molecular formula is C17H32N4. The van der Waals surface area contributed by atoms with Crippen LogP contribution in [0.5, 0.6) is 0 Å². The number of hydrogen-bond acceptors (Lipinski definition) is 2. The molecule has 2 heterocycles. The van der Waals surface area contributed by atoms with Gasteiger partial charge < -0.3 is 15.5 Å². The highest BCUT2D eigenvalue weighted by Gasteiger charge is 2.24. The van der Waals surface area contributed by atoms with E-state index in [0.29, 0.717) is 6.04 Å². The second-order valence-corrected chi connectivity index (χ2v) is 7.22. The zero-order chi connectivity index (χ0) is 14.5. The summed E-state index contributed by atoms with van der Waals surface area (Å²) in [6, 6.07) is 0.501. The molecule has 0 unspecified atom stereocenters. The SMILES string of the molecule is NC(=NC1CCCCC1)N1CCC(CN2CCCC2)CC1. The number of rotatable bonds is 3. The lowest BCUT2D eigenvalue weighted by Gasteiger charge is -2.35. The van der Waals surface area contributed by atoms with Gasteiger partial charge in [-0.05, 0) is 57.5 Å². The summed E-state index contributed by atoms with van der Waals surface area (Å²) in [4.78, 5) is 9.78. The molecule has 1 aliphatic carbocycles. The van der Waals surface area contributed by atoms with E-state index < -0.39 is 0 Å². The summed E-state index contributed by atoms with van der Waals surface area (Å²) in [5.41, 5.74) is 6.25. The van der Waals surface area contributed by atoms with Crippen molar-refractivity contribution in [3.8, 4) is 0 Å². The molecule has 0 spiro atoms. The average Bonchev–Trinajstić information content (AvgIpc) is 3.02. The van der Waals surface area contributed by atoms with Gasteiger partial charge >= 0.3 is 0 Å². The van der Waals surface area contributed by atoms with Crippen LogP contribution in [-0.2, 0) is 0 Å². The Morgan fingerprint density at radius 3 is 2.19 bits per heavy atom. The second kappa shape index (κ2) is 7.48. The molecule has 0 aromatic rings. The van der Waals surface area contributed by atoms with Gasteiger partial charge in [-0.3, -0.25) is 0 Å². The van der Waals surface area contributed by atoms with Crippen molar-refractivity contribution in [2.75, 3.05) is 32.7 Å². The predicted molar refractivity (Wildman–Crippen MR) is 88.5 cm³/mol. The minimum absolute atomic E-state index is 0.501. The van der Waals surface area contributed by atoms with E-state index in [9.17, 15) is 0 Å². The molecule has 3 fully saturated rings. The molecule has 4 nitrogen and oxygen atoms in total. The van der Waals surface area contributed by atoms with Crippen molar-refractivity contribution in [3.63, 3.8) is 0 Å². The Bertz CT molecular complexity index is 335. The molecule has 0 aromatic carbocycles. The highest BCUT2D eigenvalue weighted by atomic mass is 15.3. The maximum Gasteiger partial charge on any atom is 0.191 e. The minimum Gasteiger partial charge on any atom is -0.370 e. The molecule has 2 aliphatic heterocycles. The zero-order valence-electron chi connectivity index (χ0n) is 13.5. The number of guanidine groups is 1. The summed E-state index contributed by atoms with van der Waals surface area (Å²) in [6.45, 7) is 6.19. The lowest BCUT2D eigenvalue weighted by Crippen LogP contribution is -2.45. The first kappa shape index (κ1) is 15.1. The number of piperidine rings is 1. The van der Waals surface area contributed by atoms with Crippen molar-refractivity contribution in [3.05, 3.63) is 0 Å². The fourth-order valence-electron chi connectivity index (χ4n) is 4.15. The second-order valence-electron chi connectivity index (χ2n) is 7.22. The predicted octanol–water partition coefficient (Wildman–Crippen LogP) is 2.44. The third-order valence-corrected chi connectivity index (χ3v) is 5.54. The third-order valence-electron chi connectivity index (χ3n) is 5.54. The Kier molecular flexibility index (Phi) is 5.39. The molecule has 120 valence electrons. The molecule has 2 N–H and O–H groups in total. The van der Waals surface area contributed by atoms with Crippen LogP contribution >= 0.6 is 0 Å². The molecule has 0 atom stereocenters. The van der Waals surface area contributed by atoms with Gasteiger partial charge in [-0.2, -0.15) is 0 Å². The van der Waals surface area contributed by atoms with Crippen molar-refractivity contribution in [1.82, 2.24) is 9.80 Å². The Hall–Kier alpha value is -0.770. The van der Waals surface area contributed by atoms with Gasteiger partial charge in [0.2, 0.25) is 0 Å². The van der Waals surface area contributed by atoms with Gasteiger partial charge in [0.1, 0.15) is 0 Å². The van der Waals surface area contributed by atoms with Crippen LogP contribution in [0.25, 0.3) is 0 Å². The van der Waals surface area contributed by atoms with Gasteiger partial charge in [0.05, 0.1) is 6.04 Å². The quantitative estimate of drug-likeness (QED) is 0.642. The fourth-order valence-corrected chi connectivity index (χ4v) is 4.15. The lowest BCUT2D eigenvalue weighted by atomic mass is 9.95. The van der Waals surface area contributed by atoms with E-state index in [1.54, 1.807) is 0 Å². The minimum atomic E-state index is 0.501. The summed E-state index contributed by atoms with van der Waals surface area (Å²) < 4.78 is 0. The van der Waals surface area contributed by atoms with E-state index in [4.69, 9.17) is 10.7 Å². The summed E-state index contributed by atoms with van der Waals surface area (Å²) in [5.74, 6) is 1.70. The monoisotopic (exact) mass is 292 g/mol. The lowest BCUT2D eigenvalue weighted by molar-refractivity contribution is 0.199. The maximum absolute atomic E-state index is 6.25. The average molecular weight is 292 g/mol. The van der Waals surface area contributed by atoms with Gasteiger partial charge in [-0.1, -0.05) is 19.3 Å². The van der Waals surface area contributed by atoms with Crippen molar-refractivity contribution >= 4 is 5.96 Å². The molecule has 0 bridgehead atoms. The molecule has 3 rings (SSSR count). The van der Waals surface area contributed by atoms with Crippen molar-refractivity contribution < 1.29 is 0 Å². The number of aliphatic imine (C=N–C) groups is 1. The summed E-state index contributed by atoms with van der Waals surface area (Å²) in [7, 11) is 0. The first-order chi connectivity index (χ1) is 10.3. The van der Waals surface area contributed by atoms with Gasteiger partial charge in [-0.15, -0.1) is 0 Å². The standard InChI is InChI=1S/C17H32N4/c18-17(19-16-6-2-1-3-7-16)21-12-8-15(9-13-21)14-20-10-4-5-11-20/h15-16H,1-14H2,(H2,18,19). The number of hydrogen-bond donors (Lipinski definition) is 1. The third kappa shape index (κ3) is 4.35. The van der Waals surface area contributed by atoms with Crippen molar-refractivity contribution in [2.45, 2.75) is 63.8 Å². The van der Waals surface area contributed by atoms with Gasteiger partial charge in [0.25, 0.3) is 0 Å². The van der Waals surface area contributed by atoms with Gasteiger partial charge in [0.15, 0.2) is 5.96 Å². The summed E-state index contributed by atoms with van der Waals surface area (Å²) in [5, 5.41) is 0. The smallest absolute Gasteiger partial charge is 0.191 e. The van der Waals surface area contributed by atoms with Gasteiger partial charge in [0, 0.05) is 19.6 Å². The molecular weight excluding hydrogens is 260 g/mol. The molecule has 3 aliphatic rings. The van der Waals surface area contributed by atoms with Crippen molar-refractivity contribution in [1.29, 1.82) is 0 Å². The summed E-state index contributed by atoms with van der Waals surface area (Å²) >= 11 is 0. The number of likely N-dealkylation sites (tertiary alicyclic amines) is 2. The highest BCUT2D eigenvalue weighted by molar-refractivity contribution is 5.78. The van der Waals surface area contributed by atoms with E-state index in [1.807, 2.05) is 0 Å². The first-order valence-electron chi connectivity index (χ1n) is 9.12. The number of nitrogens with two attached hydrogens (primary N) is 1. The maximum atomic E-state index is 6.25. The molecule has 4 heteroatoms. The van der Waals surface area contributed by atoms with E-state index in [1.165, 1.54) is 77.4 Å². The molecule has 0 amide bonds. The Labute approximate surface area is 129 Å². The zero-order valence-corrected chi connectivity index (χ0v) is 13.5. The summed E-state index contributed by atoms with van der Waals surface area (Å²) in [6.07, 6.45) is 11.9. The Morgan fingerprint density at radius 1 is 0.857 bits per heavy atom. The highest BCUT2D eigenvalue weighted by Crippen LogP contribution is 2.22. The largest absolute Gasteiger partial charge is 0.370 e. The van der Waals surface area contributed by atoms with Crippen LogP contribution in [0.2, 0.25) is 0 Å². The number of nitrogens with zero attached hydrogens (tertiary/aromatic N) is 3. The van der Waals surface area contributed by atoms with Crippen molar-refractivity contribution in [2.24, 2.45) is 16.6 Å². The van der Waals surface area contributed by atoms with Crippen LogP contribution in [0.1, 0.15) is 57.8 Å². The van der Waals surface area contributed by atoms with E-state index in [0.717, 1.165) is 25.0 Å². The normalized spacial score (nSPS) is 27.4. The van der Waals surface area contributed by atoms with Crippen LogP contribution < -0.4 is 5.73 Å². The van der Waals surface area contributed by atoms with E-state index in [-0.39, 0.29) is 0 Å². The molecule has 21 heavy (non-hydrogen) atoms. The first-order valence-corrected chi connectivity index (χ1v) is 9.12. The Balaban J connectivity index is 1.42. The molecule has 0 aromatic heterocycles. The van der Waals surface area contributed by atoms with Gasteiger partial charge in [-0.25, -0.2) is 4.99 Å². The fraction of sp³-hybridized carbons (Fsp3) is 0.941. The molecule has 2 saturated heterocycles. The van der Waals surface area contributed by atoms with E-state index in [2.05, 4.69) is 9.80 Å². The van der Waals surface area contributed by atoms with Crippen LogP contribution in [-0.4, -0.2) is 54.5 Å². The molecule has 1 saturated carbocycles. The van der Waals surface area contributed by atoms with Crippen LogP contribution in [0, 0.1) is 5.92 Å². The van der Waals surface area contributed by atoms with E-state index >= 15 is 0 Å². The molecule has 0 radical (unpaired) electrons. The topological polar surface area (TPSA) is 44.9 Å². The van der Waals surface area contributed by atoms with Crippen LogP contribution in [0.15, 0.2) is 4.99 Å². The Morgan fingerprint density at radius 2 is 1.52 bits per heavy atom.